The predicted octanol–water partition coefficient (Wildman–Crippen LogP) is 5.59. The van der Waals surface area contributed by atoms with E-state index in [9.17, 15) is 14.3 Å². The van der Waals surface area contributed by atoms with E-state index in [1.807, 2.05) is 14.1 Å². The lowest BCUT2D eigenvalue weighted by atomic mass is 10.0. The first kappa shape index (κ1) is 30.1. The number of nitrogens with zero attached hydrogens (tertiary/aromatic N) is 1. The van der Waals surface area contributed by atoms with E-state index in [0.717, 1.165) is 25.5 Å². The maximum atomic E-state index is 11.7. The third-order valence-corrected chi connectivity index (χ3v) is 5.78. The van der Waals surface area contributed by atoms with Crippen molar-refractivity contribution in [3.8, 4) is 0 Å². The average molecular weight is 463 g/mol. The summed E-state index contributed by atoms with van der Waals surface area (Å²) in [6.45, 7) is 2.72. The summed E-state index contributed by atoms with van der Waals surface area (Å²) >= 11 is 0. The van der Waals surface area contributed by atoms with Gasteiger partial charge >= 0.3 is 13.8 Å². The Labute approximate surface area is 190 Å². The monoisotopic (exact) mass is 462 g/mol. The number of hydrogen-bond donors (Lipinski definition) is 0. The van der Waals surface area contributed by atoms with Gasteiger partial charge in [-0.3, -0.25) is 9.36 Å². The van der Waals surface area contributed by atoms with Gasteiger partial charge in [-0.05, 0) is 26.6 Å². The van der Waals surface area contributed by atoms with Gasteiger partial charge in [0.25, 0.3) is 0 Å². The third-order valence-electron chi connectivity index (χ3n) is 4.90. The molecule has 0 saturated heterocycles. The molecule has 8 heteroatoms. The first-order valence-corrected chi connectivity index (χ1v) is 13.4. The van der Waals surface area contributed by atoms with E-state index in [0.29, 0.717) is 13.0 Å². The van der Waals surface area contributed by atoms with Gasteiger partial charge in [-0.1, -0.05) is 84.0 Å². The molecule has 0 rings (SSSR count). The van der Waals surface area contributed by atoms with Crippen molar-refractivity contribution >= 4 is 13.8 Å². The fourth-order valence-electron chi connectivity index (χ4n) is 3.02. The Hall–Kier alpha value is -0.880. The number of unbranched alkanes of at least 4 members (excludes halogenated alkanes) is 12. The van der Waals surface area contributed by atoms with Crippen LogP contribution < -0.4 is 4.89 Å². The highest BCUT2D eigenvalue weighted by molar-refractivity contribution is 7.45. The summed E-state index contributed by atoms with van der Waals surface area (Å²) < 4.78 is 25.7. The van der Waals surface area contributed by atoms with Gasteiger partial charge in [0, 0.05) is 13.0 Å². The maximum absolute atomic E-state index is 11.7. The van der Waals surface area contributed by atoms with Gasteiger partial charge in [-0.25, -0.2) is 0 Å². The number of ether oxygens (including phenoxy) is 1. The largest absolute Gasteiger partial charge is 0.746 e. The van der Waals surface area contributed by atoms with E-state index in [4.69, 9.17) is 4.74 Å². The second-order valence-corrected chi connectivity index (χ2v) is 9.60. The molecule has 31 heavy (non-hydrogen) atoms. The molecule has 184 valence electrons. The molecular formula is C23H45NO6P-. The number of likely N-dealkylation sites (N-methyl/N-ethyl adjacent to an activating group) is 1. The first-order valence-electron chi connectivity index (χ1n) is 12.0. The second-order valence-electron chi connectivity index (χ2n) is 8.24. The Morgan fingerprint density at radius 1 is 0.903 bits per heavy atom. The predicted molar refractivity (Wildman–Crippen MR) is 124 cm³/mol. The molecule has 0 amide bonds. The molecule has 0 aromatic carbocycles. The zero-order chi connectivity index (χ0) is 23.2. The lowest BCUT2D eigenvalue weighted by Gasteiger charge is -2.21. The summed E-state index contributed by atoms with van der Waals surface area (Å²) in [5.41, 5.74) is 0. The van der Waals surface area contributed by atoms with Crippen LogP contribution in [0.2, 0.25) is 0 Å². The van der Waals surface area contributed by atoms with Crippen molar-refractivity contribution in [1.29, 1.82) is 0 Å². The molecule has 0 aliphatic heterocycles. The SMILES string of the molecule is CCCCCCCCCCCCCCCC(=O)OC/C=C/OP(=O)([O-])OCCN(C)C. The zero-order valence-corrected chi connectivity index (χ0v) is 20.9. The summed E-state index contributed by atoms with van der Waals surface area (Å²) in [5.74, 6) is -0.278. The molecule has 0 saturated carbocycles. The van der Waals surface area contributed by atoms with Crippen LogP contribution in [0.15, 0.2) is 12.3 Å². The lowest BCUT2D eigenvalue weighted by molar-refractivity contribution is -0.220. The number of phosphoric acid groups is 1. The molecule has 0 spiro atoms. The number of rotatable bonds is 22. The highest BCUT2D eigenvalue weighted by Gasteiger charge is 2.08. The fraction of sp³-hybridized carbons (Fsp3) is 0.870. The van der Waals surface area contributed by atoms with Crippen molar-refractivity contribution in [1.82, 2.24) is 4.90 Å². The highest BCUT2D eigenvalue weighted by atomic mass is 31.2. The number of carbonyl (C=O) groups excluding carboxylic acids is 1. The fourth-order valence-corrected chi connectivity index (χ4v) is 3.62. The Kier molecular flexibility index (Phi) is 20.4. The zero-order valence-electron chi connectivity index (χ0n) is 20.0. The number of carbonyl (C=O) groups is 1. The van der Waals surface area contributed by atoms with E-state index in [1.165, 1.54) is 70.3 Å². The normalized spacial score (nSPS) is 13.6. The highest BCUT2D eigenvalue weighted by Crippen LogP contribution is 2.38. The minimum atomic E-state index is -4.36. The van der Waals surface area contributed by atoms with E-state index in [1.54, 1.807) is 4.90 Å². The molecule has 0 bridgehead atoms. The molecule has 0 radical (unpaired) electrons. The van der Waals surface area contributed by atoms with Crippen molar-refractivity contribution in [2.75, 3.05) is 33.9 Å². The van der Waals surface area contributed by atoms with Gasteiger partial charge in [0.1, 0.15) is 6.61 Å². The van der Waals surface area contributed by atoms with Crippen molar-refractivity contribution in [2.24, 2.45) is 0 Å². The van der Waals surface area contributed by atoms with Crippen molar-refractivity contribution in [3.05, 3.63) is 12.3 Å². The van der Waals surface area contributed by atoms with Crippen LogP contribution in [-0.4, -0.2) is 44.7 Å². The summed E-state index contributed by atoms with van der Waals surface area (Å²) in [7, 11) is -0.737. The second kappa shape index (κ2) is 21.0. The molecule has 0 heterocycles. The topological polar surface area (TPSA) is 88.1 Å². The number of hydrogen-bond acceptors (Lipinski definition) is 7. The van der Waals surface area contributed by atoms with Crippen molar-refractivity contribution < 1.29 is 28.0 Å². The van der Waals surface area contributed by atoms with Gasteiger partial charge < -0.3 is 23.6 Å². The molecule has 1 atom stereocenters. The van der Waals surface area contributed by atoms with Gasteiger partial charge in [-0.2, -0.15) is 0 Å². The van der Waals surface area contributed by atoms with Crippen LogP contribution in [0.5, 0.6) is 0 Å². The van der Waals surface area contributed by atoms with Gasteiger partial charge in [0.2, 0.25) is 0 Å². The standard InChI is InChI=1S/C23H46NO6P/c1-4-5-6-7-8-9-10-11-12-13-14-15-16-18-23(25)28-20-17-21-29-31(26,27)30-22-19-24(2)3/h17,21H,4-16,18-20,22H2,1-3H3,(H,26,27)/p-1/b21-17+. The summed E-state index contributed by atoms with van der Waals surface area (Å²) in [5, 5.41) is 0. The van der Waals surface area contributed by atoms with E-state index >= 15 is 0 Å². The van der Waals surface area contributed by atoms with E-state index in [2.05, 4.69) is 16.0 Å². The molecule has 0 aromatic heterocycles. The van der Waals surface area contributed by atoms with Crippen molar-refractivity contribution in [2.45, 2.75) is 96.8 Å². The molecule has 0 fully saturated rings. The van der Waals surface area contributed by atoms with Gasteiger partial charge in [-0.15, -0.1) is 0 Å². The molecule has 1 unspecified atom stereocenters. The van der Waals surface area contributed by atoms with Crippen LogP contribution in [0.3, 0.4) is 0 Å². The van der Waals surface area contributed by atoms with Crippen LogP contribution in [0.1, 0.15) is 96.8 Å². The van der Waals surface area contributed by atoms with E-state index < -0.39 is 7.82 Å². The van der Waals surface area contributed by atoms with Crippen LogP contribution in [0.25, 0.3) is 0 Å². The summed E-state index contributed by atoms with van der Waals surface area (Å²) in [6.07, 6.45) is 19.1. The lowest BCUT2D eigenvalue weighted by Crippen LogP contribution is -2.19. The Morgan fingerprint density at radius 3 is 1.94 bits per heavy atom. The molecule has 7 nitrogen and oxygen atoms in total. The third kappa shape index (κ3) is 23.6. The minimum absolute atomic E-state index is 0.0189. The smallest absolute Gasteiger partial charge is 0.319 e. The average Bonchev–Trinajstić information content (AvgIpc) is 2.70. The Balaban J connectivity index is 3.46. The molecule has 0 N–H and O–H groups in total. The Bertz CT molecular complexity index is 498. The van der Waals surface area contributed by atoms with Crippen LogP contribution in [0, 0.1) is 0 Å². The quantitative estimate of drug-likeness (QED) is 0.0897. The maximum Gasteiger partial charge on any atom is 0.319 e. The van der Waals surface area contributed by atoms with Crippen LogP contribution in [0.4, 0.5) is 0 Å². The molecular weight excluding hydrogens is 417 g/mol. The summed E-state index contributed by atoms with van der Waals surface area (Å²) in [4.78, 5) is 24.9. The van der Waals surface area contributed by atoms with Crippen LogP contribution in [-0.2, 0) is 23.1 Å². The molecule has 0 aliphatic carbocycles. The van der Waals surface area contributed by atoms with Gasteiger partial charge in [0.15, 0.2) is 0 Å². The summed E-state index contributed by atoms with van der Waals surface area (Å²) in [6, 6.07) is 0. The Morgan fingerprint density at radius 2 is 1.42 bits per heavy atom. The minimum Gasteiger partial charge on any atom is -0.746 e. The van der Waals surface area contributed by atoms with Crippen LogP contribution >= 0.6 is 7.82 Å². The van der Waals surface area contributed by atoms with E-state index in [-0.39, 0.29) is 19.2 Å². The number of phosphoric ester groups is 1. The van der Waals surface area contributed by atoms with Crippen molar-refractivity contribution in [3.63, 3.8) is 0 Å². The first-order chi connectivity index (χ1) is 14.9. The molecule has 0 aliphatic rings. The van der Waals surface area contributed by atoms with Gasteiger partial charge in [0.05, 0.1) is 12.9 Å². The molecule has 0 aromatic rings. The number of esters is 1.